The molecular formula is C16H32BNS. The Morgan fingerprint density at radius 1 is 1.21 bits per heavy atom. The quantitative estimate of drug-likeness (QED) is 0.319. The Hall–Kier alpha value is 0.115. The molecule has 3 heteroatoms. The first-order chi connectivity index (χ1) is 9.21. The van der Waals surface area contributed by atoms with Gasteiger partial charge in [0.1, 0.15) is 0 Å². The van der Waals surface area contributed by atoms with E-state index in [1.807, 2.05) is 11.8 Å². The van der Waals surface area contributed by atoms with Crippen LogP contribution in [0.4, 0.5) is 0 Å². The highest BCUT2D eigenvalue weighted by atomic mass is 32.2. The number of rotatable bonds is 12. The zero-order valence-electron chi connectivity index (χ0n) is 13.3. The van der Waals surface area contributed by atoms with Crippen LogP contribution in [0.2, 0.25) is 0 Å². The van der Waals surface area contributed by atoms with Gasteiger partial charge in [0.25, 0.3) is 0 Å². The van der Waals surface area contributed by atoms with Gasteiger partial charge in [-0.25, -0.2) is 0 Å². The first-order valence-corrected chi connectivity index (χ1v) is 9.11. The summed E-state index contributed by atoms with van der Waals surface area (Å²) in [6, 6.07) is 0. The van der Waals surface area contributed by atoms with E-state index in [1.54, 1.807) is 0 Å². The number of hydrogen-bond donors (Lipinski definition) is 1. The monoisotopic (exact) mass is 281 g/mol. The molecule has 0 aromatic rings. The van der Waals surface area contributed by atoms with Gasteiger partial charge in [-0.05, 0) is 43.9 Å². The second-order valence-corrected chi connectivity index (χ2v) is 6.47. The van der Waals surface area contributed by atoms with E-state index in [0.717, 1.165) is 12.5 Å². The van der Waals surface area contributed by atoms with Gasteiger partial charge in [-0.3, -0.25) is 0 Å². The fourth-order valence-corrected chi connectivity index (χ4v) is 3.86. The normalized spacial score (nSPS) is 16.6. The van der Waals surface area contributed by atoms with Gasteiger partial charge in [0.15, 0.2) is 7.98 Å². The molecule has 0 fully saturated rings. The minimum atomic E-state index is 0.670. The van der Waals surface area contributed by atoms with Gasteiger partial charge in [-0.2, -0.15) is 11.8 Å². The van der Waals surface area contributed by atoms with Crippen LogP contribution < -0.4 is 5.23 Å². The molecule has 3 atom stereocenters. The third-order valence-electron chi connectivity index (χ3n) is 3.85. The summed E-state index contributed by atoms with van der Waals surface area (Å²) >= 11 is 1.99. The molecule has 2 radical (unpaired) electrons. The van der Waals surface area contributed by atoms with Crippen molar-refractivity contribution in [2.24, 2.45) is 11.8 Å². The van der Waals surface area contributed by atoms with Crippen molar-refractivity contribution in [3.63, 3.8) is 0 Å². The SMILES string of the molecule is [B]NCC(CC)C(SC)C(C)C/C=C/CCCCC. The smallest absolute Gasteiger partial charge is 0.177 e. The lowest BCUT2D eigenvalue weighted by molar-refractivity contribution is 0.397. The van der Waals surface area contributed by atoms with E-state index in [9.17, 15) is 0 Å². The molecule has 0 saturated heterocycles. The summed E-state index contributed by atoms with van der Waals surface area (Å²) in [6.07, 6.45) is 14.6. The van der Waals surface area contributed by atoms with Crippen molar-refractivity contribution in [2.45, 2.75) is 64.5 Å². The summed E-state index contributed by atoms with van der Waals surface area (Å²) in [5, 5.41) is 3.54. The molecule has 0 aliphatic heterocycles. The molecular weight excluding hydrogens is 249 g/mol. The zero-order chi connectivity index (χ0) is 14.5. The van der Waals surface area contributed by atoms with Crippen molar-refractivity contribution in [1.29, 1.82) is 0 Å². The molecule has 0 aliphatic rings. The topological polar surface area (TPSA) is 12.0 Å². The maximum Gasteiger partial charge on any atom is 0.177 e. The number of unbranched alkanes of at least 4 members (excludes halogenated alkanes) is 3. The number of nitrogens with one attached hydrogen (secondary N) is 1. The van der Waals surface area contributed by atoms with Crippen LogP contribution in [0.3, 0.4) is 0 Å². The predicted molar refractivity (Wildman–Crippen MR) is 91.9 cm³/mol. The van der Waals surface area contributed by atoms with Crippen molar-refractivity contribution in [3.05, 3.63) is 12.2 Å². The van der Waals surface area contributed by atoms with Crippen LogP contribution >= 0.6 is 11.8 Å². The highest BCUT2D eigenvalue weighted by Gasteiger charge is 2.23. The highest BCUT2D eigenvalue weighted by Crippen LogP contribution is 2.29. The molecule has 0 aromatic heterocycles. The minimum absolute atomic E-state index is 0.670. The van der Waals surface area contributed by atoms with Gasteiger partial charge in [-0.15, -0.1) is 0 Å². The predicted octanol–water partition coefficient (Wildman–Crippen LogP) is 4.58. The Morgan fingerprint density at radius 3 is 2.47 bits per heavy atom. The van der Waals surface area contributed by atoms with Crippen LogP contribution in [0.15, 0.2) is 12.2 Å². The Morgan fingerprint density at radius 2 is 1.95 bits per heavy atom. The molecule has 0 bridgehead atoms. The van der Waals surface area contributed by atoms with Gasteiger partial charge >= 0.3 is 0 Å². The Balaban J connectivity index is 4.08. The average Bonchev–Trinajstić information content (AvgIpc) is 2.42. The lowest BCUT2D eigenvalue weighted by Crippen LogP contribution is -2.32. The Kier molecular flexibility index (Phi) is 13.2. The zero-order valence-corrected chi connectivity index (χ0v) is 14.1. The van der Waals surface area contributed by atoms with E-state index in [2.05, 4.69) is 44.4 Å². The summed E-state index contributed by atoms with van der Waals surface area (Å²) in [6.45, 7) is 7.81. The lowest BCUT2D eigenvalue weighted by Gasteiger charge is -2.29. The Bertz CT molecular complexity index is 221. The molecule has 0 saturated carbocycles. The van der Waals surface area contributed by atoms with Crippen molar-refractivity contribution in [3.8, 4) is 0 Å². The molecule has 0 heterocycles. The van der Waals surface area contributed by atoms with E-state index in [1.165, 1.54) is 38.5 Å². The molecule has 1 nitrogen and oxygen atoms in total. The maximum atomic E-state index is 5.49. The van der Waals surface area contributed by atoms with E-state index >= 15 is 0 Å². The maximum absolute atomic E-state index is 5.49. The summed E-state index contributed by atoms with van der Waals surface area (Å²) in [5.41, 5.74) is 0. The summed E-state index contributed by atoms with van der Waals surface area (Å²) in [7, 11) is 5.49. The van der Waals surface area contributed by atoms with Gasteiger partial charge in [0.05, 0.1) is 0 Å². The third-order valence-corrected chi connectivity index (χ3v) is 5.24. The van der Waals surface area contributed by atoms with Gasteiger partial charge in [-0.1, -0.05) is 52.2 Å². The molecule has 19 heavy (non-hydrogen) atoms. The summed E-state index contributed by atoms with van der Waals surface area (Å²) in [4.78, 5) is 0. The number of thioether (sulfide) groups is 1. The minimum Gasteiger partial charge on any atom is -0.366 e. The van der Waals surface area contributed by atoms with Gasteiger partial charge < -0.3 is 5.23 Å². The fourth-order valence-electron chi connectivity index (χ4n) is 2.61. The van der Waals surface area contributed by atoms with E-state index in [4.69, 9.17) is 7.98 Å². The van der Waals surface area contributed by atoms with Crippen LogP contribution in [-0.2, 0) is 0 Å². The second kappa shape index (κ2) is 13.1. The lowest BCUT2D eigenvalue weighted by atomic mass is 9.90. The average molecular weight is 281 g/mol. The molecule has 110 valence electrons. The van der Waals surface area contributed by atoms with Crippen molar-refractivity contribution in [2.75, 3.05) is 12.8 Å². The first-order valence-electron chi connectivity index (χ1n) is 7.82. The standard InChI is InChI=1S/C16H32BNS/c1-5-7-8-9-10-11-12-14(3)16(19-4)15(6-2)13-18-17/h10-11,14-16,18H,5-9,12-13H2,1-4H3/b11-10+. The van der Waals surface area contributed by atoms with E-state index in [-0.39, 0.29) is 0 Å². The van der Waals surface area contributed by atoms with Crippen LogP contribution in [0.5, 0.6) is 0 Å². The first kappa shape index (κ1) is 19.1. The van der Waals surface area contributed by atoms with Crippen molar-refractivity contribution >= 4 is 19.7 Å². The van der Waals surface area contributed by atoms with Gasteiger partial charge in [0, 0.05) is 5.25 Å². The number of allylic oxidation sites excluding steroid dienone is 2. The fraction of sp³-hybridized carbons (Fsp3) is 0.875. The Labute approximate surface area is 126 Å². The molecule has 0 rings (SSSR count). The molecule has 0 amide bonds. The van der Waals surface area contributed by atoms with Crippen LogP contribution in [-0.4, -0.2) is 26.0 Å². The molecule has 0 spiro atoms. The van der Waals surface area contributed by atoms with Crippen LogP contribution in [0.1, 0.15) is 59.3 Å². The number of hydrogen-bond acceptors (Lipinski definition) is 2. The van der Waals surface area contributed by atoms with Gasteiger partial charge in [0.2, 0.25) is 0 Å². The van der Waals surface area contributed by atoms with Crippen LogP contribution in [0, 0.1) is 11.8 Å². The van der Waals surface area contributed by atoms with E-state index < -0.39 is 0 Å². The largest absolute Gasteiger partial charge is 0.366 e. The molecule has 0 aliphatic carbocycles. The van der Waals surface area contributed by atoms with Crippen molar-refractivity contribution in [1.82, 2.24) is 5.23 Å². The summed E-state index contributed by atoms with van der Waals surface area (Å²) in [5.74, 6) is 1.39. The van der Waals surface area contributed by atoms with Crippen LogP contribution in [0.25, 0.3) is 0 Å². The molecule has 0 aromatic carbocycles. The second-order valence-electron chi connectivity index (χ2n) is 5.46. The molecule has 1 N–H and O–H groups in total. The highest BCUT2D eigenvalue weighted by molar-refractivity contribution is 7.99. The molecule has 3 unspecified atom stereocenters. The summed E-state index contributed by atoms with van der Waals surface area (Å²) < 4.78 is 0. The van der Waals surface area contributed by atoms with Crippen molar-refractivity contribution < 1.29 is 0 Å². The van der Waals surface area contributed by atoms with E-state index in [0.29, 0.717) is 11.2 Å². The third kappa shape index (κ3) is 8.80.